The van der Waals surface area contributed by atoms with E-state index in [1.54, 1.807) is 36.4 Å². The minimum absolute atomic E-state index is 0.0874. The molecule has 1 heterocycles. The molecule has 7 heteroatoms. The first-order valence-corrected chi connectivity index (χ1v) is 9.09. The van der Waals surface area contributed by atoms with Gasteiger partial charge in [-0.1, -0.05) is 24.3 Å². The molecule has 146 valence electrons. The molecule has 2 N–H and O–H groups in total. The van der Waals surface area contributed by atoms with Crippen LogP contribution >= 0.6 is 0 Å². The van der Waals surface area contributed by atoms with E-state index in [0.29, 0.717) is 24.5 Å². The number of benzene rings is 2. The van der Waals surface area contributed by atoms with Gasteiger partial charge in [0.15, 0.2) is 0 Å². The van der Waals surface area contributed by atoms with Crippen molar-refractivity contribution in [1.29, 1.82) is 0 Å². The van der Waals surface area contributed by atoms with Gasteiger partial charge in [-0.05, 0) is 42.3 Å². The van der Waals surface area contributed by atoms with Crippen molar-refractivity contribution < 1.29 is 24.2 Å². The fraction of sp³-hybridized carbons (Fsp3) is 0.286. The van der Waals surface area contributed by atoms with Crippen LogP contribution in [0.1, 0.15) is 34.3 Å². The molecule has 0 saturated heterocycles. The Morgan fingerprint density at radius 3 is 2.54 bits per heavy atom. The van der Waals surface area contributed by atoms with E-state index in [9.17, 15) is 19.5 Å². The van der Waals surface area contributed by atoms with Gasteiger partial charge in [0.25, 0.3) is 5.91 Å². The van der Waals surface area contributed by atoms with Crippen LogP contribution in [0.3, 0.4) is 0 Å². The van der Waals surface area contributed by atoms with Gasteiger partial charge < -0.3 is 20.1 Å². The van der Waals surface area contributed by atoms with Gasteiger partial charge in [-0.15, -0.1) is 0 Å². The number of carboxylic acid groups (broad SMARTS) is 1. The van der Waals surface area contributed by atoms with Crippen LogP contribution in [-0.4, -0.2) is 47.5 Å². The van der Waals surface area contributed by atoms with Gasteiger partial charge in [-0.3, -0.25) is 14.4 Å². The quantitative estimate of drug-likeness (QED) is 0.797. The number of amides is 2. The second kappa shape index (κ2) is 8.56. The highest BCUT2D eigenvalue weighted by molar-refractivity contribution is 5.96. The second-order valence-electron chi connectivity index (χ2n) is 6.50. The van der Waals surface area contributed by atoms with Crippen LogP contribution in [0.25, 0.3) is 0 Å². The molecule has 1 atom stereocenters. The monoisotopic (exact) mass is 382 g/mol. The summed E-state index contributed by atoms with van der Waals surface area (Å²) in [6, 6.07) is 13.9. The zero-order chi connectivity index (χ0) is 20.1. The summed E-state index contributed by atoms with van der Waals surface area (Å²) in [5.74, 6) is -1.76. The van der Waals surface area contributed by atoms with Crippen LogP contribution in [-0.2, 0) is 16.1 Å². The van der Waals surface area contributed by atoms with Crippen LogP contribution in [0.5, 0.6) is 5.75 Å². The number of carbonyl (C=O) groups is 3. The maximum atomic E-state index is 12.5. The smallest absolute Gasteiger partial charge is 0.312 e. The molecule has 2 aromatic rings. The zero-order valence-electron chi connectivity index (χ0n) is 15.6. The van der Waals surface area contributed by atoms with Crippen molar-refractivity contribution in [3.8, 4) is 5.75 Å². The van der Waals surface area contributed by atoms with Crippen LogP contribution in [0.4, 0.5) is 0 Å². The summed E-state index contributed by atoms with van der Waals surface area (Å²) in [4.78, 5) is 37.9. The number of fused-ring (bicyclic) bond motifs is 1. The maximum Gasteiger partial charge on any atom is 0.312 e. The molecule has 3 rings (SSSR count). The Bertz CT molecular complexity index is 879. The van der Waals surface area contributed by atoms with Crippen LogP contribution in [0.15, 0.2) is 48.5 Å². The van der Waals surface area contributed by atoms with Gasteiger partial charge >= 0.3 is 5.97 Å². The number of nitrogens with zero attached hydrogens (tertiary/aromatic N) is 1. The standard InChI is InChI=1S/C21H22N2O5/c1-2-28-16-9-7-14(8-10-16)20(25)22-11-19(24)23-12-15-5-3-4-6-17(15)18(13-23)21(26)27/h3-10,18H,2,11-13H2,1H3,(H,22,25)(H,26,27). The lowest BCUT2D eigenvalue weighted by atomic mass is 9.90. The predicted molar refractivity (Wildman–Crippen MR) is 102 cm³/mol. The van der Waals surface area contributed by atoms with Crippen molar-refractivity contribution in [2.45, 2.75) is 19.4 Å². The summed E-state index contributed by atoms with van der Waals surface area (Å²) >= 11 is 0. The third-order valence-corrected chi connectivity index (χ3v) is 4.67. The van der Waals surface area contributed by atoms with E-state index in [1.807, 2.05) is 19.1 Å². The van der Waals surface area contributed by atoms with Crippen molar-refractivity contribution in [2.75, 3.05) is 19.7 Å². The molecule has 2 aromatic carbocycles. The minimum atomic E-state index is -0.969. The molecule has 0 aromatic heterocycles. The lowest BCUT2D eigenvalue weighted by Crippen LogP contribution is -2.45. The molecule has 0 bridgehead atoms. The number of nitrogens with one attached hydrogen (secondary N) is 1. The lowest BCUT2D eigenvalue weighted by Gasteiger charge is -2.32. The van der Waals surface area contributed by atoms with Gasteiger partial charge in [0, 0.05) is 18.7 Å². The molecular weight excluding hydrogens is 360 g/mol. The summed E-state index contributed by atoms with van der Waals surface area (Å²) in [7, 11) is 0. The summed E-state index contributed by atoms with van der Waals surface area (Å²) < 4.78 is 5.34. The Morgan fingerprint density at radius 1 is 1.14 bits per heavy atom. The Labute approximate surface area is 162 Å². The first-order chi connectivity index (χ1) is 13.5. The fourth-order valence-corrected chi connectivity index (χ4v) is 3.25. The van der Waals surface area contributed by atoms with E-state index in [0.717, 1.165) is 11.1 Å². The third-order valence-electron chi connectivity index (χ3n) is 4.67. The van der Waals surface area contributed by atoms with E-state index in [2.05, 4.69) is 5.32 Å². The molecule has 0 radical (unpaired) electrons. The molecule has 0 fully saturated rings. The van der Waals surface area contributed by atoms with E-state index >= 15 is 0 Å². The number of hydrogen-bond donors (Lipinski definition) is 2. The largest absolute Gasteiger partial charge is 0.494 e. The predicted octanol–water partition coefficient (Wildman–Crippen LogP) is 2.03. The van der Waals surface area contributed by atoms with Crippen molar-refractivity contribution >= 4 is 17.8 Å². The number of carboxylic acids is 1. The summed E-state index contributed by atoms with van der Waals surface area (Å²) in [5.41, 5.74) is 1.97. The molecule has 0 aliphatic carbocycles. The highest BCUT2D eigenvalue weighted by Crippen LogP contribution is 2.28. The van der Waals surface area contributed by atoms with Gasteiger partial charge in [0.05, 0.1) is 19.1 Å². The fourth-order valence-electron chi connectivity index (χ4n) is 3.25. The number of rotatable bonds is 6. The highest BCUT2D eigenvalue weighted by Gasteiger charge is 2.32. The highest BCUT2D eigenvalue weighted by atomic mass is 16.5. The van der Waals surface area contributed by atoms with E-state index in [1.165, 1.54) is 4.90 Å². The van der Waals surface area contributed by atoms with Gasteiger partial charge in [0.1, 0.15) is 5.75 Å². The second-order valence-corrected chi connectivity index (χ2v) is 6.50. The number of hydrogen-bond acceptors (Lipinski definition) is 4. The average molecular weight is 382 g/mol. The molecule has 0 spiro atoms. The summed E-state index contributed by atoms with van der Waals surface area (Å²) in [5, 5.41) is 12.1. The van der Waals surface area contributed by atoms with E-state index in [-0.39, 0.29) is 24.9 Å². The molecule has 7 nitrogen and oxygen atoms in total. The molecule has 0 saturated carbocycles. The van der Waals surface area contributed by atoms with Crippen LogP contribution < -0.4 is 10.1 Å². The Kier molecular flexibility index (Phi) is 5.93. The molecular formula is C21H22N2O5. The number of ether oxygens (including phenoxy) is 1. The first-order valence-electron chi connectivity index (χ1n) is 9.09. The number of carbonyl (C=O) groups excluding carboxylic acids is 2. The average Bonchev–Trinajstić information content (AvgIpc) is 2.71. The number of aliphatic carboxylic acids is 1. The Balaban J connectivity index is 1.62. The van der Waals surface area contributed by atoms with Crippen LogP contribution in [0, 0.1) is 0 Å². The first kappa shape index (κ1) is 19.4. The zero-order valence-corrected chi connectivity index (χ0v) is 15.6. The van der Waals surface area contributed by atoms with E-state index < -0.39 is 11.9 Å². The normalized spacial score (nSPS) is 15.5. The summed E-state index contributed by atoms with van der Waals surface area (Å²) in [6.45, 7) is 2.64. The van der Waals surface area contributed by atoms with E-state index in [4.69, 9.17) is 4.74 Å². The Hall–Kier alpha value is -3.35. The van der Waals surface area contributed by atoms with Gasteiger partial charge in [-0.2, -0.15) is 0 Å². The SMILES string of the molecule is CCOc1ccc(C(=O)NCC(=O)N2Cc3ccccc3C(C(=O)O)C2)cc1. The van der Waals surface area contributed by atoms with Crippen molar-refractivity contribution in [3.63, 3.8) is 0 Å². The van der Waals surface area contributed by atoms with Crippen molar-refractivity contribution in [3.05, 3.63) is 65.2 Å². The van der Waals surface area contributed by atoms with Gasteiger partial charge in [0.2, 0.25) is 5.91 Å². The van der Waals surface area contributed by atoms with Gasteiger partial charge in [-0.25, -0.2) is 0 Å². The summed E-state index contributed by atoms with van der Waals surface area (Å²) in [6.07, 6.45) is 0. The molecule has 1 aliphatic rings. The third kappa shape index (κ3) is 4.31. The minimum Gasteiger partial charge on any atom is -0.494 e. The Morgan fingerprint density at radius 2 is 1.86 bits per heavy atom. The maximum absolute atomic E-state index is 12.5. The molecule has 28 heavy (non-hydrogen) atoms. The van der Waals surface area contributed by atoms with Crippen LogP contribution in [0.2, 0.25) is 0 Å². The molecule has 1 unspecified atom stereocenters. The topological polar surface area (TPSA) is 95.9 Å². The lowest BCUT2D eigenvalue weighted by molar-refractivity contribution is -0.141. The molecule has 2 amide bonds. The molecule has 1 aliphatic heterocycles. The van der Waals surface area contributed by atoms with Crippen molar-refractivity contribution in [2.24, 2.45) is 0 Å². The van der Waals surface area contributed by atoms with Crippen molar-refractivity contribution in [1.82, 2.24) is 10.2 Å².